The summed E-state index contributed by atoms with van der Waals surface area (Å²) in [4.78, 5) is 25.4. The summed E-state index contributed by atoms with van der Waals surface area (Å²) in [6, 6.07) is 6.49. The monoisotopic (exact) mass is 435 g/mol. The van der Waals surface area contributed by atoms with Crippen molar-refractivity contribution in [2.75, 3.05) is 7.11 Å². The molecule has 1 aromatic carbocycles. The third-order valence-corrected chi connectivity index (χ3v) is 5.32. The van der Waals surface area contributed by atoms with Crippen LogP contribution in [0.3, 0.4) is 0 Å². The maximum absolute atomic E-state index is 13.3. The molecule has 0 fully saturated rings. The molecule has 0 bridgehead atoms. The molecule has 0 aliphatic rings. The molecule has 2 heterocycles. The van der Waals surface area contributed by atoms with Gasteiger partial charge in [0.25, 0.3) is 0 Å². The largest absolute Gasteiger partial charge is 0.477 e. The molecule has 0 saturated heterocycles. The molecule has 0 amide bonds. The fourth-order valence-corrected chi connectivity index (χ4v) is 3.64. The van der Waals surface area contributed by atoms with Crippen LogP contribution in [0.4, 0.5) is 0 Å². The number of nitrogens with zero attached hydrogens (tertiary/aromatic N) is 3. The van der Waals surface area contributed by atoms with Crippen molar-refractivity contribution in [3.63, 3.8) is 0 Å². The van der Waals surface area contributed by atoms with Gasteiger partial charge >= 0.3 is 5.97 Å². The van der Waals surface area contributed by atoms with Crippen LogP contribution in [0.5, 0.6) is 0 Å². The van der Waals surface area contributed by atoms with Crippen LogP contribution in [0.1, 0.15) is 28.7 Å². The highest BCUT2D eigenvalue weighted by Crippen LogP contribution is 2.31. The van der Waals surface area contributed by atoms with E-state index in [1.807, 2.05) is 6.92 Å². The van der Waals surface area contributed by atoms with Gasteiger partial charge in [0.15, 0.2) is 0 Å². The van der Waals surface area contributed by atoms with E-state index in [9.17, 15) is 14.7 Å². The molecule has 29 heavy (non-hydrogen) atoms. The van der Waals surface area contributed by atoms with Crippen molar-refractivity contribution < 1.29 is 14.6 Å². The first-order valence-corrected chi connectivity index (χ1v) is 9.55. The molecule has 1 N–H and O–H groups in total. The van der Waals surface area contributed by atoms with Crippen LogP contribution in [0.2, 0.25) is 10.0 Å². The number of pyridine rings is 1. The van der Waals surface area contributed by atoms with Crippen LogP contribution in [-0.4, -0.2) is 32.5 Å². The van der Waals surface area contributed by atoms with Crippen LogP contribution in [0, 0.1) is 6.92 Å². The van der Waals surface area contributed by atoms with Crippen LogP contribution >= 0.6 is 23.2 Å². The normalized spacial score (nSPS) is 11.1. The van der Waals surface area contributed by atoms with E-state index in [0.29, 0.717) is 28.5 Å². The van der Waals surface area contributed by atoms with E-state index in [1.54, 1.807) is 49.1 Å². The fraction of sp³-hybridized carbons (Fsp3) is 0.250. The van der Waals surface area contributed by atoms with Gasteiger partial charge in [-0.25, -0.2) is 9.48 Å². The van der Waals surface area contributed by atoms with E-state index in [2.05, 4.69) is 5.10 Å². The second kappa shape index (κ2) is 8.41. The molecule has 0 unspecified atom stereocenters. The average molecular weight is 436 g/mol. The van der Waals surface area contributed by atoms with Gasteiger partial charge in [0.05, 0.1) is 28.0 Å². The summed E-state index contributed by atoms with van der Waals surface area (Å²) in [6.07, 6.45) is 1.61. The van der Waals surface area contributed by atoms with Crippen LogP contribution in [0.15, 0.2) is 35.3 Å². The van der Waals surface area contributed by atoms with Crippen molar-refractivity contribution in [3.8, 4) is 16.9 Å². The van der Waals surface area contributed by atoms with Gasteiger partial charge in [0.1, 0.15) is 11.3 Å². The van der Waals surface area contributed by atoms with Crippen LogP contribution in [0.25, 0.3) is 16.9 Å². The Kier molecular flexibility index (Phi) is 6.12. The fourth-order valence-electron chi connectivity index (χ4n) is 3.34. The number of hydrogen-bond donors (Lipinski definition) is 1. The Morgan fingerprint density at radius 3 is 2.55 bits per heavy atom. The summed E-state index contributed by atoms with van der Waals surface area (Å²) in [6.45, 7) is 4.33. The van der Waals surface area contributed by atoms with Gasteiger partial charge in [-0.2, -0.15) is 5.10 Å². The zero-order valence-corrected chi connectivity index (χ0v) is 17.6. The minimum Gasteiger partial charge on any atom is -0.477 e. The molecule has 152 valence electrons. The van der Waals surface area contributed by atoms with Crippen molar-refractivity contribution in [2.24, 2.45) is 0 Å². The van der Waals surface area contributed by atoms with Gasteiger partial charge in [-0.1, -0.05) is 29.3 Å². The predicted molar refractivity (Wildman–Crippen MR) is 111 cm³/mol. The summed E-state index contributed by atoms with van der Waals surface area (Å²) >= 11 is 12.1. The number of ether oxygens (including phenoxy) is 1. The maximum Gasteiger partial charge on any atom is 0.341 e. The zero-order chi connectivity index (χ0) is 21.3. The molecule has 3 aromatic rings. The smallest absolute Gasteiger partial charge is 0.341 e. The Bertz CT molecular complexity index is 1150. The summed E-state index contributed by atoms with van der Waals surface area (Å²) < 4.78 is 8.22. The molecule has 0 atom stereocenters. The van der Waals surface area contributed by atoms with E-state index in [1.165, 1.54) is 4.68 Å². The van der Waals surface area contributed by atoms with Crippen molar-refractivity contribution >= 4 is 29.2 Å². The minimum atomic E-state index is -1.33. The van der Waals surface area contributed by atoms with E-state index in [4.69, 9.17) is 27.9 Å². The number of halogens is 2. The molecule has 0 aliphatic heterocycles. The summed E-state index contributed by atoms with van der Waals surface area (Å²) in [5.41, 5.74) is 1.16. The van der Waals surface area contributed by atoms with Gasteiger partial charge in [0.2, 0.25) is 5.43 Å². The second-order valence-electron chi connectivity index (χ2n) is 6.35. The summed E-state index contributed by atoms with van der Waals surface area (Å²) in [7, 11) is 1.54. The number of methoxy groups -OCH3 is 1. The summed E-state index contributed by atoms with van der Waals surface area (Å²) in [5.74, 6) is -1.33. The number of carboxylic acids is 1. The Balaban J connectivity index is 2.37. The van der Waals surface area contributed by atoms with Gasteiger partial charge < -0.3 is 14.4 Å². The highest BCUT2D eigenvalue weighted by Gasteiger charge is 2.26. The molecule has 0 spiro atoms. The third-order valence-electron chi connectivity index (χ3n) is 4.59. The lowest BCUT2D eigenvalue weighted by Gasteiger charge is -2.21. The number of benzene rings is 1. The minimum absolute atomic E-state index is 0.176. The SMILES string of the molecule is CCn1c(C)c(-n2ccc(COC)n2)c(=O)c(C(=O)O)c1-c1ccc(Cl)c(Cl)c1. The summed E-state index contributed by atoms with van der Waals surface area (Å²) in [5, 5.41) is 14.8. The van der Waals surface area contributed by atoms with Gasteiger partial charge in [0, 0.05) is 31.1 Å². The Labute approximate surface area is 177 Å². The lowest BCUT2D eigenvalue weighted by molar-refractivity contribution is 0.0695. The Hall–Kier alpha value is -2.61. The highest BCUT2D eigenvalue weighted by molar-refractivity contribution is 6.42. The molecule has 7 nitrogen and oxygen atoms in total. The topological polar surface area (TPSA) is 86.4 Å². The third kappa shape index (κ3) is 3.81. The van der Waals surface area contributed by atoms with Crippen molar-refractivity contribution in [1.82, 2.24) is 14.3 Å². The number of aromatic carboxylic acids is 1. The molecule has 3 rings (SSSR count). The molecule has 2 aromatic heterocycles. The van der Waals surface area contributed by atoms with Crippen molar-refractivity contribution in [3.05, 3.63) is 67.7 Å². The quantitative estimate of drug-likeness (QED) is 0.627. The Morgan fingerprint density at radius 2 is 1.97 bits per heavy atom. The number of hydrogen-bond acceptors (Lipinski definition) is 4. The van der Waals surface area contributed by atoms with Crippen molar-refractivity contribution in [2.45, 2.75) is 27.0 Å². The standard InChI is InChI=1S/C20H19Cl2N3O4/c1-4-24-11(2)17(25-8-7-13(23-25)10-29-3)19(26)16(20(27)28)18(24)12-5-6-14(21)15(22)9-12/h5-9H,4,10H2,1-3H3,(H,27,28). The highest BCUT2D eigenvalue weighted by atomic mass is 35.5. The van der Waals surface area contributed by atoms with Gasteiger partial charge in [-0.05, 0) is 32.0 Å². The molecule has 0 aliphatic carbocycles. The zero-order valence-electron chi connectivity index (χ0n) is 16.1. The number of carboxylic acid groups (broad SMARTS) is 1. The van der Waals surface area contributed by atoms with Gasteiger partial charge in [-0.15, -0.1) is 0 Å². The number of carbonyl (C=O) groups is 1. The van der Waals surface area contributed by atoms with Crippen LogP contribution in [-0.2, 0) is 17.9 Å². The molecular formula is C20H19Cl2N3O4. The van der Waals surface area contributed by atoms with E-state index < -0.39 is 11.4 Å². The number of aromatic nitrogens is 3. The van der Waals surface area contributed by atoms with E-state index >= 15 is 0 Å². The second-order valence-corrected chi connectivity index (χ2v) is 7.16. The lowest BCUT2D eigenvalue weighted by Crippen LogP contribution is -2.28. The Morgan fingerprint density at radius 1 is 1.24 bits per heavy atom. The molecule has 0 radical (unpaired) electrons. The first kappa shape index (κ1) is 21.1. The lowest BCUT2D eigenvalue weighted by atomic mass is 10.0. The molecule has 9 heteroatoms. The first-order valence-electron chi connectivity index (χ1n) is 8.80. The number of rotatable bonds is 6. The van der Waals surface area contributed by atoms with Crippen molar-refractivity contribution in [1.29, 1.82) is 0 Å². The average Bonchev–Trinajstić information content (AvgIpc) is 3.11. The first-order chi connectivity index (χ1) is 13.8. The van der Waals surface area contributed by atoms with E-state index in [-0.39, 0.29) is 28.6 Å². The molecule has 0 saturated carbocycles. The van der Waals surface area contributed by atoms with Gasteiger partial charge in [-0.3, -0.25) is 4.79 Å². The maximum atomic E-state index is 13.3. The predicted octanol–water partition coefficient (Wildman–Crippen LogP) is 4.18. The van der Waals surface area contributed by atoms with E-state index in [0.717, 1.165) is 0 Å². The molecular weight excluding hydrogens is 417 g/mol. The van der Waals surface area contributed by atoms with Crippen LogP contribution < -0.4 is 5.43 Å².